The molecule has 0 fully saturated rings. The van der Waals surface area contributed by atoms with Crippen LogP contribution in [0, 0.1) is 6.92 Å². The van der Waals surface area contributed by atoms with Crippen molar-refractivity contribution in [1.29, 1.82) is 0 Å². The first kappa shape index (κ1) is 14.8. The molecule has 2 rings (SSSR count). The molecule has 0 radical (unpaired) electrons. The molecule has 1 atom stereocenters. The van der Waals surface area contributed by atoms with Gasteiger partial charge in [0.15, 0.2) is 0 Å². The third-order valence-electron chi connectivity index (χ3n) is 2.90. The van der Waals surface area contributed by atoms with Gasteiger partial charge in [0.05, 0.1) is 10.7 Å². The maximum Gasteiger partial charge on any atom is 0.125 e. The molecule has 0 bridgehead atoms. The van der Waals surface area contributed by atoms with Gasteiger partial charge in [0.1, 0.15) is 5.01 Å². The number of hydrogen-bond acceptors (Lipinski definition) is 3. The van der Waals surface area contributed by atoms with Gasteiger partial charge in [-0.2, -0.15) is 0 Å². The Bertz CT molecular complexity index is 581. The maximum atomic E-state index is 6.23. The summed E-state index contributed by atoms with van der Waals surface area (Å²) in [6.07, 6.45) is 0. The number of hydrogen-bond donors (Lipinski definition) is 1. The summed E-state index contributed by atoms with van der Waals surface area (Å²) in [5.74, 6) is 0. The fourth-order valence-corrected chi connectivity index (χ4v) is 3.67. The van der Waals surface area contributed by atoms with E-state index in [1.165, 1.54) is 4.88 Å². The molecule has 1 N–H and O–H groups in total. The molecule has 0 saturated carbocycles. The van der Waals surface area contributed by atoms with Crippen LogP contribution in [-0.2, 0) is 0 Å². The monoisotopic (exact) mass is 314 g/mol. The van der Waals surface area contributed by atoms with Crippen LogP contribution in [-0.4, -0.2) is 11.5 Å². The van der Waals surface area contributed by atoms with Crippen LogP contribution >= 0.6 is 34.5 Å². The van der Waals surface area contributed by atoms with Crippen LogP contribution in [0.15, 0.2) is 18.2 Å². The minimum absolute atomic E-state index is 0.308. The number of thiazole rings is 1. The second-order valence-corrected chi connectivity index (χ2v) is 6.25. The normalized spacial score (nSPS) is 12.7. The quantitative estimate of drug-likeness (QED) is 0.849. The Morgan fingerprint density at radius 3 is 2.74 bits per heavy atom. The van der Waals surface area contributed by atoms with E-state index in [0.717, 1.165) is 22.8 Å². The van der Waals surface area contributed by atoms with E-state index in [1.54, 1.807) is 17.4 Å². The standard InChI is InChI=1S/C14H16Cl2N2S/c1-4-17-8(2)13-9(3)18-14(19-13)11-6-5-10(15)7-12(11)16/h5-8,17H,4H2,1-3H3. The Balaban J connectivity index is 2.39. The SMILES string of the molecule is CCNC(C)c1sc(-c2ccc(Cl)cc2Cl)nc1C. The van der Waals surface area contributed by atoms with E-state index in [9.17, 15) is 0 Å². The molecule has 5 heteroatoms. The largest absolute Gasteiger partial charge is 0.310 e. The molecule has 0 saturated heterocycles. The van der Waals surface area contributed by atoms with Crippen molar-refractivity contribution in [2.45, 2.75) is 26.8 Å². The highest BCUT2D eigenvalue weighted by molar-refractivity contribution is 7.15. The highest BCUT2D eigenvalue weighted by Crippen LogP contribution is 2.36. The number of benzene rings is 1. The zero-order valence-corrected chi connectivity index (χ0v) is 13.5. The van der Waals surface area contributed by atoms with Gasteiger partial charge in [0, 0.05) is 21.5 Å². The summed E-state index contributed by atoms with van der Waals surface area (Å²) in [6.45, 7) is 7.23. The van der Waals surface area contributed by atoms with Gasteiger partial charge in [0.25, 0.3) is 0 Å². The van der Waals surface area contributed by atoms with Gasteiger partial charge in [-0.1, -0.05) is 30.1 Å². The van der Waals surface area contributed by atoms with Crippen LogP contribution in [0.3, 0.4) is 0 Å². The topological polar surface area (TPSA) is 24.9 Å². The fraction of sp³-hybridized carbons (Fsp3) is 0.357. The van der Waals surface area contributed by atoms with Gasteiger partial charge >= 0.3 is 0 Å². The zero-order valence-electron chi connectivity index (χ0n) is 11.1. The number of halogens is 2. The van der Waals surface area contributed by atoms with Crippen molar-refractivity contribution in [1.82, 2.24) is 10.3 Å². The highest BCUT2D eigenvalue weighted by Gasteiger charge is 2.16. The van der Waals surface area contributed by atoms with Crippen molar-refractivity contribution in [3.63, 3.8) is 0 Å². The second-order valence-electron chi connectivity index (χ2n) is 4.37. The Kier molecular flexibility index (Phi) is 4.85. The molecular weight excluding hydrogens is 299 g/mol. The van der Waals surface area contributed by atoms with Gasteiger partial charge in [-0.05, 0) is 38.6 Å². The van der Waals surface area contributed by atoms with Crippen LogP contribution in [0.4, 0.5) is 0 Å². The predicted octanol–water partition coefficient (Wildman–Crippen LogP) is 5.10. The van der Waals surface area contributed by atoms with Gasteiger partial charge in [-0.25, -0.2) is 4.98 Å². The molecule has 1 heterocycles. The summed E-state index contributed by atoms with van der Waals surface area (Å²) in [4.78, 5) is 5.88. The number of aryl methyl sites for hydroxylation is 1. The summed E-state index contributed by atoms with van der Waals surface area (Å²) in [5.41, 5.74) is 1.99. The van der Waals surface area contributed by atoms with Gasteiger partial charge in [-0.3, -0.25) is 0 Å². The van der Waals surface area contributed by atoms with Crippen LogP contribution < -0.4 is 5.32 Å². The van der Waals surface area contributed by atoms with Crippen molar-refractivity contribution < 1.29 is 0 Å². The average molecular weight is 315 g/mol. The van der Waals surface area contributed by atoms with Gasteiger partial charge in [0.2, 0.25) is 0 Å². The predicted molar refractivity (Wildman–Crippen MR) is 84.4 cm³/mol. The van der Waals surface area contributed by atoms with E-state index < -0.39 is 0 Å². The van der Waals surface area contributed by atoms with Gasteiger partial charge < -0.3 is 5.32 Å². The molecule has 1 aromatic heterocycles. The Morgan fingerprint density at radius 1 is 1.37 bits per heavy atom. The Hall–Kier alpha value is -0.610. The fourth-order valence-electron chi connectivity index (χ4n) is 1.99. The minimum atomic E-state index is 0.308. The summed E-state index contributed by atoms with van der Waals surface area (Å²) < 4.78 is 0. The number of nitrogens with zero attached hydrogens (tertiary/aromatic N) is 1. The zero-order chi connectivity index (χ0) is 14.0. The minimum Gasteiger partial charge on any atom is -0.310 e. The smallest absolute Gasteiger partial charge is 0.125 e. The lowest BCUT2D eigenvalue weighted by atomic mass is 10.2. The summed E-state index contributed by atoms with van der Waals surface area (Å²) in [5, 5.41) is 5.64. The molecule has 1 unspecified atom stereocenters. The first-order chi connectivity index (χ1) is 9.02. The summed E-state index contributed by atoms with van der Waals surface area (Å²) in [6, 6.07) is 5.82. The van der Waals surface area contributed by atoms with E-state index in [0.29, 0.717) is 16.1 Å². The lowest BCUT2D eigenvalue weighted by Crippen LogP contribution is -2.17. The Morgan fingerprint density at radius 2 is 2.11 bits per heavy atom. The Labute approximate surface area is 127 Å². The van der Waals surface area contributed by atoms with E-state index in [-0.39, 0.29) is 0 Å². The average Bonchev–Trinajstić information content (AvgIpc) is 2.71. The highest BCUT2D eigenvalue weighted by atomic mass is 35.5. The summed E-state index contributed by atoms with van der Waals surface area (Å²) >= 11 is 13.8. The molecule has 0 aliphatic rings. The lowest BCUT2D eigenvalue weighted by Gasteiger charge is -2.09. The third-order valence-corrected chi connectivity index (χ3v) is 4.82. The number of rotatable bonds is 4. The molecule has 1 aromatic carbocycles. The first-order valence-electron chi connectivity index (χ1n) is 6.19. The van der Waals surface area contributed by atoms with E-state index in [2.05, 4.69) is 24.1 Å². The molecule has 0 aliphatic heterocycles. The molecule has 102 valence electrons. The summed E-state index contributed by atoms with van der Waals surface area (Å²) in [7, 11) is 0. The van der Waals surface area contributed by atoms with E-state index >= 15 is 0 Å². The molecule has 0 spiro atoms. The molecule has 0 aliphatic carbocycles. The van der Waals surface area contributed by atoms with Crippen molar-refractivity contribution in [2.75, 3.05) is 6.54 Å². The van der Waals surface area contributed by atoms with Crippen molar-refractivity contribution in [2.24, 2.45) is 0 Å². The maximum absolute atomic E-state index is 6.23. The number of aromatic nitrogens is 1. The van der Waals surface area contributed by atoms with E-state index in [1.807, 2.05) is 19.1 Å². The molecule has 0 amide bonds. The molecule has 2 nitrogen and oxygen atoms in total. The molecular formula is C14H16Cl2N2S. The van der Waals surface area contributed by atoms with Crippen molar-refractivity contribution in [3.05, 3.63) is 38.8 Å². The number of nitrogens with one attached hydrogen (secondary N) is 1. The molecule has 19 heavy (non-hydrogen) atoms. The van der Waals surface area contributed by atoms with E-state index in [4.69, 9.17) is 23.2 Å². The van der Waals surface area contributed by atoms with Crippen LogP contribution in [0.5, 0.6) is 0 Å². The van der Waals surface area contributed by atoms with Crippen LogP contribution in [0.2, 0.25) is 10.0 Å². The van der Waals surface area contributed by atoms with Crippen LogP contribution in [0.1, 0.15) is 30.5 Å². The first-order valence-corrected chi connectivity index (χ1v) is 7.76. The van der Waals surface area contributed by atoms with Crippen molar-refractivity contribution in [3.8, 4) is 10.6 Å². The molecule has 2 aromatic rings. The van der Waals surface area contributed by atoms with Gasteiger partial charge in [-0.15, -0.1) is 11.3 Å². The second kappa shape index (κ2) is 6.23. The van der Waals surface area contributed by atoms with Crippen molar-refractivity contribution >= 4 is 34.5 Å². The van der Waals surface area contributed by atoms with Crippen LogP contribution in [0.25, 0.3) is 10.6 Å². The third kappa shape index (κ3) is 3.29. The lowest BCUT2D eigenvalue weighted by molar-refractivity contribution is 0.603.